The predicted molar refractivity (Wildman–Crippen MR) is 94.1 cm³/mol. The van der Waals surface area contributed by atoms with Crippen molar-refractivity contribution in [3.8, 4) is 22.8 Å². The van der Waals surface area contributed by atoms with Crippen molar-refractivity contribution in [2.24, 2.45) is 0 Å². The molecule has 3 rings (SSSR count). The van der Waals surface area contributed by atoms with E-state index in [9.17, 15) is 4.79 Å². The Morgan fingerprint density at radius 2 is 1.84 bits per heavy atom. The highest BCUT2D eigenvalue weighted by Crippen LogP contribution is 2.26. The molecule has 25 heavy (non-hydrogen) atoms. The summed E-state index contributed by atoms with van der Waals surface area (Å²) in [4.78, 5) is 16.9. The van der Waals surface area contributed by atoms with Crippen molar-refractivity contribution in [3.63, 3.8) is 0 Å². The number of nitrogens with one attached hydrogen (secondary N) is 1. The van der Waals surface area contributed by atoms with Crippen molar-refractivity contribution in [2.75, 3.05) is 20.3 Å². The number of benzene rings is 2. The molecule has 1 amide bonds. The summed E-state index contributed by atoms with van der Waals surface area (Å²) in [6.45, 7) is 2.87. The smallest absolute Gasteiger partial charge is 0.259 e. The summed E-state index contributed by atoms with van der Waals surface area (Å²) in [5.41, 5.74) is 3.04. The van der Waals surface area contributed by atoms with E-state index < -0.39 is 0 Å². The van der Waals surface area contributed by atoms with Gasteiger partial charge in [-0.3, -0.25) is 4.79 Å². The summed E-state index contributed by atoms with van der Waals surface area (Å²) in [6, 6.07) is 15.0. The summed E-state index contributed by atoms with van der Waals surface area (Å²) in [7, 11) is 1.59. The Morgan fingerprint density at radius 3 is 2.60 bits per heavy atom. The van der Waals surface area contributed by atoms with Crippen molar-refractivity contribution < 1.29 is 14.1 Å². The Bertz CT molecular complexity index is 874. The number of aromatic nitrogens is 2. The van der Waals surface area contributed by atoms with Crippen LogP contribution < -0.4 is 5.32 Å². The van der Waals surface area contributed by atoms with E-state index in [4.69, 9.17) is 9.26 Å². The first kappa shape index (κ1) is 16.9. The van der Waals surface area contributed by atoms with Gasteiger partial charge in [-0.1, -0.05) is 41.6 Å². The molecule has 0 radical (unpaired) electrons. The molecule has 0 aliphatic carbocycles. The first-order valence-corrected chi connectivity index (χ1v) is 7.97. The van der Waals surface area contributed by atoms with Gasteiger partial charge < -0.3 is 14.6 Å². The van der Waals surface area contributed by atoms with Gasteiger partial charge in [-0.25, -0.2) is 0 Å². The van der Waals surface area contributed by atoms with E-state index in [1.165, 1.54) is 0 Å². The third-order valence-corrected chi connectivity index (χ3v) is 3.81. The fourth-order valence-corrected chi connectivity index (χ4v) is 2.50. The normalized spacial score (nSPS) is 10.6. The Morgan fingerprint density at radius 1 is 1.12 bits per heavy atom. The zero-order valence-electron chi connectivity index (χ0n) is 14.2. The quantitative estimate of drug-likeness (QED) is 0.700. The highest BCUT2D eigenvalue weighted by Gasteiger charge is 2.18. The van der Waals surface area contributed by atoms with Crippen molar-refractivity contribution in [3.05, 3.63) is 59.7 Å². The fraction of sp³-hybridized carbons (Fsp3) is 0.211. The summed E-state index contributed by atoms with van der Waals surface area (Å²) >= 11 is 0. The molecule has 128 valence electrons. The van der Waals surface area contributed by atoms with Crippen LogP contribution in [0.5, 0.6) is 0 Å². The van der Waals surface area contributed by atoms with Crippen molar-refractivity contribution in [2.45, 2.75) is 6.92 Å². The highest BCUT2D eigenvalue weighted by atomic mass is 16.5. The number of ether oxygens (including phenoxy) is 1. The predicted octanol–water partition coefficient (Wildman–Crippen LogP) is 3.09. The second-order valence-corrected chi connectivity index (χ2v) is 5.53. The molecule has 0 aliphatic rings. The summed E-state index contributed by atoms with van der Waals surface area (Å²) in [5, 5.41) is 6.87. The van der Waals surface area contributed by atoms with Crippen LogP contribution in [0.2, 0.25) is 0 Å². The number of carbonyl (C=O) groups is 1. The lowest BCUT2D eigenvalue weighted by Crippen LogP contribution is -2.27. The van der Waals surface area contributed by atoms with Gasteiger partial charge in [0.15, 0.2) is 0 Å². The second kappa shape index (κ2) is 7.72. The minimum atomic E-state index is -0.205. The first-order chi connectivity index (χ1) is 12.2. The molecule has 1 aromatic heterocycles. The van der Waals surface area contributed by atoms with Crippen molar-refractivity contribution >= 4 is 5.91 Å². The maximum absolute atomic E-state index is 12.4. The lowest BCUT2D eigenvalue weighted by molar-refractivity contribution is 0.0937. The van der Waals surface area contributed by atoms with Gasteiger partial charge in [0.05, 0.1) is 17.7 Å². The number of amides is 1. The van der Waals surface area contributed by atoms with Crippen LogP contribution in [-0.2, 0) is 4.74 Å². The van der Waals surface area contributed by atoms with Crippen LogP contribution in [0.3, 0.4) is 0 Å². The molecule has 0 bridgehead atoms. The summed E-state index contributed by atoms with van der Waals surface area (Å²) in [5.74, 6) is 0.613. The second-order valence-electron chi connectivity index (χ2n) is 5.53. The SMILES string of the molecule is COCCNC(=O)c1ccccc1-c1nc(-c2ccccc2C)no1. The largest absolute Gasteiger partial charge is 0.383 e. The molecule has 6 nitrogen and oxygen atoms in total. The highest BCUT2D eigenvalue weighted by molar-refractivity contribution is 6.00. The number of nitrogens with zero attached hydrogens (tertiary/aromatic N) is 2. The number of methoxy groups -OCH3 is 1. The molecule has 0 atom stereocenters. The molecule has 6 heteroatoms. The van der Waals surface area contributed by atoms with Gasteiger partial charge >= 0.3 is 0 Å². The Labute approximate surface area is 145 Å². The Hall–Kier alpha value is -2.99. The first-order valence-electron chi connectivity index (χ1n) is 7.97. The van der Waals surface area contributed by atoms with Crippen molar-refractivity contribution in [1.29, 1.82) is 0 Å². The fourth-order valence-electron chi connectivity index (χ4n) is 2.50. The zero-order valence-corrected chi connectivity index (χ0v) is 14.2. The molecule has 1 N–H and O–H groups in total. The molecule has 0 saturated heterocycles. The molecule has 0 aliphatic heterocycles. The lowest BCUT2D eigenvalue weighted by Gasteiger charge is -2.07. The van der Waals surface area contributed by atoms with Crippen LogP contribution in [0.15, 0.2) is 53.1 Å². The summed E-state index contributed by atoms with van der Waals surface area (Å²) in [6.07, 6.45) is 0. The van der Waals surface area contributed by atoms with Gasteiger partial charge in [-0.05, 0) is 24.6 Å². The monoisotopic (exact) mass is 337 g/mol. The van der Waals surface area contributed by atoms with E-state index >= 15 is 0 Å². The molecular formula is C19H19N3O3. The van der Waals surface area contributed by atoms with Gasteiger partial charge in [-0.15, -0.1) is 0 Å². The van der Waals surface area contributed by atoms with Gasteiger partial charge in [-0.2, -0.15) is 4.98 Å². The van der Waals surface area contributed by atoms with E-state index in [-0.39, 0.29) is 5.91 Å². The number of rotatable bonds is 6. The van der Waals surface area contributed by atoms with Crippen LogP contribution in [0, 0.1) is 6.92 Å². The maximum atomic E-state index is 12.4. The van der Waals surface area contributed by atoms with Gasteiger partial charge in [0.25, 0.3) is 11.8 Å². The van der Waals surface area contributed by atoms with Crippen LogP contribution in [0.4, 0.5) is 0 Å². The topological polar surface area (TPSA) is 77.2 Å². The van der Waals surface area contributed by atoms with Gasteiger partial charge in [0, 0.05) is 19.2 Å². The average molecular weight is 337 g/mol. The molecule has 0 saturated carbocycles. The molecule has 0 spiro atoms. The minimum absolute atomic E-state index is 0.205. The molecule has 3 aromatic rings. The average Bonchev–Trinajstić information content (AvgIpc) is 3.12. The van der Waals surface area contributed by atoms with Gasteiger partial charge in [0.2, 0.25) is 5.82 Å². The molecule has 1 heterocycles. The Balaban J connectivity index is 1.91. The van der Waals surface area contributed by atoms with Crippen molar-refractivity contribution in [1.82, 2.24) is 15.5 Å². The lowest BCUT2D eigenvalue weighted by atomic mass is 10.1. The third-order valence-electron chi connectivity index (χ3n) is 3.81. The van der Waals surface area contributed by atoms with E-state index in [2.05, 4.69) is 15.5 Å². The standard InChI is InChI=1S/C19H19N3O3/c1-13-7-3-4-8-14(13)17-21-19(25-22-17)16-10-6-5-9-15(16)18(23)20-11-12-24-2/h3-10H,11-12H2,1-2H3,(H,20,23). The van der Waals surface area contributed by atoms with Gasteiger partial charge in [0.1, 0.15) is 0 Å². The van der Waals surface area contributed by atoms with E-state index in [0.29, 0.717) is 36.0 Å². The van der Waals surface area contributed by atoms with Crippen LogP contribution in [0.25, 0.3) is 22.8 Å². The molecule has 2 aromatic carbocycles. The molecular weight excluding hydrogens is 318 g/mol. The van der Waals surface area contributed by atoms with E-state index in [0.717, 1.165) is 11.1 Å². The van der Waals surface area contributed by atoms with E-state index in [1.54, 1.807) is 25.3 Å². The molecule has 0 fully saturated rings. The summed E-state index contributed by atoms with van der Waals surface area (Å²) < 4.78 is 10.4. The van der Waals surface area contributed by atoms with Crippen LogP contribution in [-0.4, -0.2) is 36.3 Å². The number of hydrogen-bond donors (Lipinski definition) is 1. The number of aryl methyl sites for hydroxylation is 1. The minimum Gasteiger partial charge on any atom is -0.383 e. The van der Waals surface area contributed by atoms with Crippen LogP contribution in [0.1, 0.15) is 15.9 Å². The third kappa shape index (κ3) is 3.75. The number of carbonyl (C=O) groups excluding carboxylic acids is 1. The van der Waals surface area contributed by atoms with Crippen LogP contribution >= 0.6 is 0 Å². The van der Waals surface area contributed by atoms with E-state index in [1.807, 2.05) is 37.3 Å². The zero-order chi connectivity index (χ0) is 17.6. The Kier molecular flexibility index (Phi) is 5.20. The number of hydrogen-bond acceptors (Lipinski definition) is 5. The molecule has 0 unspecified atom stereocenters. The maximum Gasteiger partial charge on any atom is 0.259 e.